The number of nitrogens with zero attached hydrogens (tertiary/aromatic N) is 3. The Morgan fingerprint density at radius 3 is 2.77 bits per heavy atom. The lowest BCUT2D eigenvalue weighted by atomic mass is 10.2. The van der Waals surface area contributed by atoms with E-state index in [0.29, 0.717) is 0 Å². The topological polar surface area (TPSA) is 21.1 Å². The van der Waals surface area contributed by atoms with Crippen LogP contribution in [0.2, 0.25) is 0 Å². The Balaban J connectivity index is 2.67. The van der Waals surface area contributed by atoms with Gasteiger partial charge in [0.25, 0.3) is 0 Å². The van der Waals surface area contributed by atoms with Crippen LogP contribution in [-0.2, 0) is 0 Å². The van der Waals surface area contributed by atoms with Gasteiger partial charge in [-0.2, -0.15) is 0 Å². The first-order valence-electron chi connectivity index (χ1n) is 4.26. The number of allylic oxidation sites excluding steroid dienone is 1. The smallest absolute Gasteiger partial charge is 0.111 e. The highest BCUT2D eigenvalue weighted by atomic mass is 15.3. The molecule has 0 amide bonds. The molecule has 1 aliphatic heterocycles. The molecule has 0 spiro atoms. The third-order valence-electron chi connectivity index (χ3n) is 2.39. The van der Waals surface area contributed by atoms with Crippen LogP contribution in [0, 0.1) is 6.92 Å². The van der Waals surface area contributed by atoms with Gasteiger partial charge >= 0.3 is 0 Å². The molecule has 2 heterocycles. The summed E-state index contributed by atoms with van der Waals surface area (Å²) in [5.74, 6) is 1.94. The molecular formula is C10H13N3. The average molecular weight is 175 g/mol. The molecule has 0 fully saturated rings. The Bertz CT molecular complexity index is 398. The SMILES string of the molecule is C=C1N(C)C=C(C)c2cnc(C)n21. The summed E-state index contributed by atoms with van der Waals surface area (Å²) in [6, 6.07) is 0. The zero-order valence-electron chi connectivity index (χ0n) is 8.20. The molecule has 13 heavy (non-hydrogen) atoms. The van der Waals surface area contributed by atoms with E-state index < -0.39 is 0 Å². The van der Waals surface area contributed by atoms with Crippen LogP contribution in [0.1, 0.15) is 18.4 Å². The predicted octanol–water partition coefficient (Wildman–Crippen LogP) is 1.93. The maximum Gasteiger partial charge on any atom is 0.111 e. The minimum atomic E-state index is 0.954. The summed E-state index contributed by atoms with van der Waals surface area (Å²) in [4.78, 5) is 6.28. The van der Waals surface area contributed by atoms with E-state index in [1.54, 1.807) is 0 Å². The van der Waals surface area contributed by atoms with Gasteiger partial charge in [-0.25, -0.2) is 4.98 Å². The second-order valence-corrected chi connectivity index (χ2v) is 3.37. The van der Waals surface area contributed by atoms with Crippen molar-refractivity contribution in [3.63, 3.8) is 0 Å². The molecule has 0 unspecified atom stereocenters. The summed E-state index contributed by atoms with van der Waals surface area (Å²) in [6.45, 7) is 8.07. The molecule has 2 rings (SSSR count). The third-order valence-corrected chi connectivity index (χ3v) is 2.39. The fourth-order valence-corrected chi connectivity index (χ4v) is 1.64. The lowest BCUT2D eigenvalue weighted by molar-refractivity contribution is 0.596. The molecule has 0 saturated carbocycles. The molecule has 1 aromatic heterocycles. The van der Waals surface area contributed by atoms with Gasteiger partial charge < -0.3 is 4.90 Å². The number of aromatic nitrogens is 2. The van der Waals surface area contributed by atoms with Crippen molar-refractivity contribution in [3.05, 3.63) is 30.5 Å². The summed E-state index contributed by atoms with van der Waals surface area (Å²) < 4.78 is 2.06. The van der Waals surface area contributed by atoms with Crippen LogP contribution in [0.4, 0.5) is 0 Å². The van der Waals surface area contributed by atoms with Crippen molar-refractivity contribution >= 4 is 11.4 Å². The van der Waals surface area contributed by atoms with Gasteiger partial charge in [0.15, 0.2) is 0 Å². The van der Waals surface area contributed by atoms with Gasteiger partial charge in [-0.3, -0.25) is 4.57 Å². The van der Waals surface area contributed by atoms with Crippen molar-refractivity contribution in [2.75, 3.05) is 7.05 Å². The highest BCUT2D eigenvalue weighted by Gasteiger charge is 2.17. The van der Waals surface area contributed by atoms with Crippen LogP contribution in [0.3, 0.4) is 0 Å². The van der Waals surface area contributed by atoms with E-state index in [2.05, 4.69) is 29.3 Å². The molecular weight excluding hydrogens is 162 g/mol. The number of fused-ring (bicyclic) bond motifs is 1. The molecule has 0 atom stereocenters. The van der Waals surface area contributed by atoms with E-state index in [1.165, 1.54) is 5.57 Å². The largest absolute Gasteiger partial charge is 0.337 e. The molecule has 0 aromatic carbocycles. The van der Waals surface area contributed by atoms with Gasteiger partial charge in [-0.15, -0.1) is 0 Å². The van der Waals surface area contributed by atoms with Crippen LogP contribution in [0.15, 0.2) is 19.0 Å². The van der Waals surface area contributed by atoms with E-state index >= 15 is 0 Å². The minimum absolute atomic E-state index is 0.954. The second kappa shape index (κ2) is 2.49. The zero-order valence-corrected chi connectivity index (χ0v) is 8.20. The van der Waals surface area contributed by atoms with E-state index in [-0.39, 0.29) is 0 Å². The molecule has 0 saturated heterocycles. The molecule has 0 bridgehead atoms. The number of aryl methyl sites for hydroxylation is 1. The van der Waals surface area contributed by atoms with E-state index in [4.69, 9.17) is 0 Å². The lowest BCUT2D eigenvalue weighted by Crippen LogP contribution is -2.20. The Morgan fingerprint density at radius 1 is 1.38 bits per heavy atom. The summed E-state index contributed by atoms with van der Waals surface area (Å²) in [5.41, 5.74) is 2.36. The van der Waals surface area contributed by atoms with Crippen LogP contribution in [0.25, 0.3) is 11.4 Å². The monoisotopic (exact) mass is 175 g/mol. The number of hydrogen-bond acceptors (Lipinski definition) is 2. The highest BCUT2D eigenvalue weighted by Crippen LogP contribution is 2.26. The van der Waals surface area contributed by atoms with Crippen molar-refractivity contribution in [3.8, 4) is 0 Å². The van der Waals surface area contributed by atoms with Crippen LogP contribution >= 0.6 is 0 Å². The Morgan fingerprint density at radius 2 is 2.08 bits per heavy atom. The molecule has 0 radical (unpaired) electrons. The summed E-state index contributed by atoms with van der Waals surface area (Å²) in [6.07, 6.45) is 3.96. The first-order valence-corrected chi connectivity index (χ1v) is 4.26. The first kappa shape index (κ1) is 8.10. The fraction of sp³-hybridized carbons (Fsp3) is 0.300. The first-order chi connectivity index (χ1) is 6.11. The number of rotatable bonds is 0. The summed E-state index contributed by atoms with van der Waals surface area (Å²) in [5, 5.41) is 0. The lowest BCUT2D eigenvalue weighted by Gasteiger charge is -2.26. The Hall–Kier alpha value is -1.51. The Kier molecular flexibility index (Phi) is 1.55. The summed E-state index contributed by atoms with van der Waals surface area (Å²) in [7, 11) is 1.99. The van der Waals surface area contributed by atoms with Crippen LogP contribution in [-0.4, -0.2) is 21.5 Å². The molecule has 1 aromatic rings. The number of imidazole rings is 1. The maximum atomic E-state index is 4.27. The molecule has 3 heteroatoms. The van der Waals surface area contributed by atoms with Crippen molar-refractivity contribution < 1.29 is 0 Å². The zero-order chi connectivity index (χ0) is 9.59. The van der Waals surface area contributed by atoms with Gasteiger partial charge in [0.2, 0.25) is 0 Å². The van der Waals surface area contributed by atoms with Crippen molar-refractivity contribution in [2.45, 2.75) is 13.8 Å². The summed E-state index contributed by atoms with van der Waals surface area (Å²) >= 11 is 0. The average Bonchev–Trinajstić information content (AvgIpc) is 2.44. The van der Waals surface area contributed by atoms with E-state index in [9.17, 15) is 0 Å². The third kappa shape index (κ3) is 1.00. The maximum absolute atomic E-state index is 4.27. The molecule has 3 nitrogen and oxygen atoms in total. The molecule has 68 valence electrons. The van der Waals surface area contributed by atoms with Crippen molar-refractivity contribution in [1.82, 2.24) is 14.5 Å². The molecule has 1 aliphatic rings. The van der Waals surface area contributed by atoms with Crippen LogP contribution in [0.5, 0.6) is 0 Å². The van der Waals surface area contributed by atoms with E-state index in [1.807, 2.05) is 25.1 Å². The van der Waals surface area contributed by atoms with Gasteiger partial charge in [-0.05, 0) is 19.4 Å². The second-order valence-electron chi connectivity index (χ2n) is 3.37. The van der Waals surface area contributed by atoms with Gasteiger partial charge in [-0.1, -0.05) is 6.58 Å². The predicted molar refractivity (Wildman–Crippen MR) is 53.7 cm³/mol. The molecule has 0 N–H and O–H groups in total. The fourth-order valence-electron chi connectivity index (χ4n) is 1.64. The van der Waals surface area contributed by atoms with Crippen LogP contribution < -0.4 is 0 Å². The quantitative estimate of drug-likeness (QED) is 0.600. The minimum Gasteiger partial charge on any atom is -0.337 e. The van der Waals surface area contributed by atoms with Gasteiger partial charge in [0, 0.05) is 13.2 Å². The van der Waals surface area contributed by atoms with Gasteiger partial charge in [0.05, 0.1) is 11.9 Å². The standard InChI is InChI=1S/C10H13N3/c1-7-6-12(4)9(3)13-8(2)11-5-10(7)13/h5-6H,3H2,1-2,4H3. The molecule has 0 aliphatic carbocycles. The number of hydrogen-bond donors (Lipinski definition) is 0. The highest BCUT2D eigenvalue weighted by molar-refractivity contribution is 5.69. The van der Waals surface area contributed by atoms with Gasteiger partial charge in [0.1, 0.15) is 11.6 Å². The van der Waals surface area contributed by atoms with E-state index in [0.717, 1.165) is 17.3 Å². The van der Waals surface area contributed by atoms with Crippen molar-refractivity contribution in [2.24, 2.45) is 0 Å². The normalized spacial score (nSPS) is 15.8. The van der Waals surface area contributed by atoms with Crippen molar-refractivity contribution in [1.29, 1.82) is 0 Å². The Labute approximate surface area is 78.0 Å².